The van der Waals surface area contributed by atoms with Crippen molar-refractivity contribution in [3.8, 4) is 0 Å². The van der Waals surface area contributed by atoms with Crippen LogP contribution in [0.1, 0.15) is 19.8 Å². The maximum Gasteiger partial charge on any atom is 0.245 e. The molecule has 7 heteroatoms. The lowest BCUT2D eigenvalue weighted by atomic mass is 10.3. The quantitative estimate of drug-likeness (QED) is 0.849. The molecule has 4 nitrogen and oxygen atoms in total. The van der Waals surface area contributed by atoms with Crippen LogP contribution in [0.2, 0.25) is 5.02 Å². The molecular formula is C11H16ClFN2O2S. The van der Waals surface area contributed by atoms with Crippen LogP contribution in [0, 0.1) is 5.82 Å². The minimum atomic E-state index is -3.89. The summed E-state index contributed by atoms with van der Waals surface area (Å²) in [6.45, 7) is 2.27. The van der Waals surface area contributed by atoms with Crippen molar-refractivity contribution in [2.75, 3.05) is 19.3 Å². The van der Waals surface area contributed by atoms with Crippen LogP contribution in [0.15, 0.2) is 17.0 Å². The minimum absolute atomic E-state index is 0.115. The van der Waals surface area contributed by atoms with Crippen molar-refractivity contribution < 1.29 is 12.8 Å². The van der Waals surface area contributed by atoms with Crippen molar-refractivity contribution in [3.05, 3.63) is 23.0 Å². The first kappa shape index (κ1) is 15.2. The molecule has 2 N–H and O–H groups in total. The van der Waals surface area contributed by atoms with Crippen LogP contribution in [-0.4, -0.2) is 26.3 Å². The van der Waals surface area contributed by atoms with Gasteiger partial charge in [-0.25, -0.2) is 17.1 Å². The van der Waals surface area contributed by atoms with Gasteiger partial charge in [-0.1, -0.05) is 24.9 Å². The van der Waals surface area contributed by atoms with Crippen LogP contribution >= 0.6 is 11.6 Å². The number of sulfonamides is 1. The Kier molecular flexibility index (Phi) is 4.95. The number of anilines is 1. The summed E-state index contributed by atoms with van der Waals surface area (Å²) in [5, 5.41) is -0.294. The number of benzene rings is 1. The van der Waals surface area contributed by atoms with Gasteiger partial charge in [-0.05, 0) is 18.6 Å². The average Bonchev–Trinajstić information content (AvgIpc) is 2.30. The van der Waals surface area contributed by atoms with Gasteiger partial charge in [0.15, 0.2) is 5.82 Å². The van der Waals surface area contributed by atoms with Crippen LogP contribution in [0.4, 0.5) is 10.1 Å². The smallest absolute Gasteiger partial charge is 0.245 e. The number of rotatable bonds is 5. The molecule has 1 aromatic carbocycles. The Morgan fingerprint density at radius 3 is 2.61 bits per heavy atom. The molecule has 1 aromatic rings. The molecule has 0 aliphatic carbocycles. The molecule has 0 spiro atoms. The zero-order valence-corrected chi connectivity index (χ0v) is 11.9. The molecule has 0 amide bonds. The van der Waals surface area contributed by atoms with Gasteiger partial charge in [-0.2, -0.15) is 0 Å². The number of hydrogen-bond donors (Lipinski definition) is 1. The van der Waals surface area contributed by atoms with Gasteiger partial charge in [0.2, 0.25) is 10.0 Å². The highest BCUT2D eigenvalue weighted by molar-refractivity contribution is 7.89. The zero-order valence-electron chi connectivity index (χ0n) is 10.3. The normalized spacial score (nSPS) is 12.1. The average molecular weight is 295 g/mol. The fraction of sp³-hybridized carbons (Fsp3) is 0.455. The molecule has 0 aromatic heterocycles. The lowest BCUT2D eigenvalue weighted by Gasteiger charge is -2.17. The third-order valence-electron chi connectivity index (χ3n) is 2.53. The number of hydrogen-bond acceptors (Lipinski definition) is 3. The Bertz CT molecular complexity index is 534. The number of nitrogens with zero attached hydrogens (tertiary/aromatic N) is 1. The summed E-state index contributed by atoms with van der Waals surface area (Å²) in [4.78, 5) is -0.480. The molecule has 0 unspecified atom stereocenters. The van der Waals surface area contributed by atoms with Gasteiger partial charge in [0.25, 0.3) is 0 Å². The zero-order chi connectivity index (χ0) is 13.9. The van der Waals surface area contributed by atoms with Crippen LogP contribution in [0.25, 0.3) is 0 Å². The molecule has 0 aliphatic rings. The Morgan fingerprint density at radius 2 is 2.06 bits per heavy atom. The molecule has 0 radical (unpaired) electrons. The highest BCUT2D eigenvalue weighted by atomic mass is 35.5. The maximum absolute atomic E-state index is 13.8. The first-order chi connectivity index (χ1) is 8.30. The largest absolute Gasteiger partial charge is 0.399 e. The highest BCUT2D eigenvalue weighted by Gasteiger charge is 2.26. The predicted octanol–water partition coefficient (Wildman–Crippen LogP) is 2.48. The van der Waals surface area contributed by atoms with Crippen LogP contribution in [-0.2, 0) is 10.0 Å². The molecule has 1 rings (SSSR count). The van der Waals surface area contributed by atoms with E-state index in [-0.39, 0.29) is 10.7 Å². The van der Waals surface area contributed by atoms with Gasteiger partial charge in [0, 0.05) is 19.3 Å². The lowest BCUT2D eigenvalue weighted by Crippen LogP contribution is -2.28. The van der Waals surface area contributed by atoms with Crippen molar-refractivity contribution in [1.82, 2.24) is 4.31 Å². The predicted molar refractivity (Wildman–Crippen MR) is 70.5 cm³/mol. The SMILES string of the molecule is CCCCN(C)S(=O)(=O)c1cc(N)cc(Cl)c1F. The number of nitrogens with two attached hydrogens (primary N) is 1. The van der Waals surface area contributed by atoms with E-state index in [1.165, 1.54) is 13.1 Å². The van der Waals surface area contributed by atoms with Crippen molar-refractivity contribution >= 4 is 27.3 Å². The summed E-state index contributed by atoms with van der Waals surface area (Å²) >= 11 is 5.60. The molecule has 0 heterocycles. The Labute approximate surface area is 112 Å². The molecule has 0 atom stereocenters. The van der Waals surface area contributed by atoms with Gasteiger partial charge >= 0.3 is 0 Å². The molecule has 0 saturated carbocycles. The molecule has 102 valence electrons. The number of halogens is 2. The van der Waals surface area contributed by atoms with Crippen LogP contribution < -0.4 is 5.73 Å². The first-order valence-electron chi connectivity index (χ1n) is 5.51. The Hall–Kier alpha value is -0.850. The fourth-order valence-corrected chi connectivity index (χ4v) is 3.05. The van der Waals surface area contributed by atoms with Crippen molar-refractivity contribution in [1.29, 1.82) is 0 Å². The van der Waals surface area contributed by atoms with Crippen molar-refractivity contribution in [2.45, 2.75) is 24.7 Å². The summed E-state index contributed by atoms with van der Waals surface area (Å²) in [6, 6.07) is 2.26. The summed E-state index contributed by atoms with van der Waals surface area (Å²) in [5.41, 5.74) is 5.61. The van der Waals surface area contributed by atoms with Crippen LogP contribution in [0.5, 0.6) is 0 Å². The van der Waals surface area contributed by atoms with Gasteiger partial charge in [-0.15, -0.1) is 0 Å². The van der Waals surface area contributed by atoms with E-state index in [0.29, 0.717) is 13.0 Å². The Morgan fingerprint density at radius 1 is 1.44 bits per heavy atom. The van der Waals surface area contributed by atoms with Crippen LogP contribution in [0.3, 0.4) is 0 Å². The van der Waals surface area contributed by atoms with E-state index in [1.807, 2.05) is 6.92 Å². The molecule has 0 aliphatic heterocycles. The van der Waals surface area contributed by atoms with E-state index < -0.39 is 20.7 Å². The fourth-order valence-electron chi connectivity index (χ4n) is 1.44. The summed E-state index contributed by atoms with van der Waals surface area (Å²) in [7, 11) is -2.49. The molecule has 0 fully saturated rings. The van der Waals surface area contributed by atoms with E-state index in [2.05, 4.69) is 0 Å². The van der Waals surface area contributed by atoms with Gasteiger partial charge in [0.1, 0.15) is 4.90 Å². The second-order valence-corrected chi connectivity index (χ2v) is 6.42. The lowest BCUT2D eigenvalue weighted by molar-refractivity contribution is 0.453. The number of unbranched alkanes of at least 4 members (excludes halogenated alkanes) is 1. The van der Waals surface area contributed by atoms with E-state index in [4.69, 9.17) is 17.3 Å². The summed E-state index contributed by atoms with van der Waals surface area (Å²) < 4.78 is 39.1. The van der Waals surface area contributed by atoms with Gasteiger partial charge < -0.3 is 5.73 Å². The third-order valence-corrected chi connectivity index (χ3v) is 4.66. The topological polar surface area (TPSA) is 63.4 Å². The number of nitrogen functional groups attached to an aromatic ring is 1. The molecule has 18 heavy (non-hydrogen) atoms. The standard InChI is InChI=1S/C11H16ClFN2O2S/c1-3-4-5-15(2)18(16,17)10-7-8(14)6-9(12)11(10)13/h6-7H,3-5,14H2,1-2H3. The van der Waals surface area contributed by atoms with E-state index in [1.54, 1.807) is 0 Å². The van der Waals surface area contributed by atoms with Gasteiger partial charge in [-0.3, -0.25) is 0 Å². The molecule has 0 bridgehead atoms. The monoisotopic (exact) mass is 294 g/mol. The second kappa shape index (κ2) is 5.86. The maximum atomic E-state index is 13.8. The Balaban J connectivity index is 3.20. The van der Waals surface area contributed by atoms with E-state index in [0.717, 1.165) is 16.8 Å². The minimum Gasteiger partial charge on any atom is -0.399 e. The van der Waals surface area contributed by atoms with Crippen molar-refractivity contribution in [3.63, 3.8) is 0 Å². The first-order valence-corrected chi connectivity index (χ1v) is 7.33. The third kappa shape index (κ3) is 3.13. The highest BCUT2D eigenvalue weighted by Crippen LogP contribution is 2.27. The molecule has 0 saturated heterocycles. The van der Waals surface area contributed by atoms with E-state index >= 15 is 0 Å². The summed E-state index contributed by atoms with van der Waals surface area (Å²) in [6.07, 6.45) is 1.55. The van der Waals surface area contributed by atoms with Gasteiger partial charge in [0.05, 0.1) is 5.02 Å². The van der Waals surface area contributed by atoms with Crippen molar-refractivity contribution in [2.24, 2.45) is 0 Å². The second-order valence-electron chi connectivity index (χ2n) is 3.99. The van der Waals surface area contributed by atoms with E-state index in [9.17, 15) is 12.8 Å². The molecular weight excluding hydrogens is 279 g/mol. The summed E-state index contributed by atoms with van der Waals surface area (Å²) in [5.74, 6) is -0.964.